The van der Waals surface area contributed by atoms with Crippen LogP contribution < -0.4 is 5.73 Å². The Bertz CT molecular complexity index is 241. The molecule has 0 bridgehead atoms. The number of esters is 1. The van der Waals surface area contributed by atoms with E-state index in [1.807, 2.05) is 0 Å². The van der Waals surface area contributed by atoms with E-state index >= 15 is 0 Å². The van der Waals surface area contributed by atoms with Crippen molar-refractivity contribution in [3.8, 4) is 0 Å². The van der Waals surface area contributed by atoms with E-state index in [4.69, 9.17) is 10.5 Å². The SMILES string of the molecule is CCN1CCOC(CSCC(N)C(=O)OC)C1. The van der Waals surface area contributed by atoms with E-state index < -0.39 is 6.04 Å². The lowest BCUT2D eigenvalue weighted by molar-refractivity contribution is -0.141. The maximum absolute atomic E-state index is 11.1. The lowest BCUT2D eigenvalue weighted by Crippen LogP contribution is -2.43. The lowest BCUT2D eigenvalue weighted by atomic mass is 10.3. The van der Waals surface area contributed by atoms with Gasteiger partial charge in [0.1, 0.15) is 6.04 Å². The molecule has 2 N–H and O–H groups in total. The zero-order valence-electron chi connectivity index (χ0n) is 10.6. The van der Waals surface area contributed by atoms with Crippen molar-refractivity contribution in [3.63, 3.8) is 0 Å². The van der Waals surface area contributed by atoms with Gasteiger partial charge < -0.3 is 15.2 Å². The number of likely N-dealkylation sites (N-methyl/N-ethyl adjacent to an activating group) is 1. The van der Waals surface area contributed by atoms with Gasteiger partial charge in [0.05, 0.1) is 19.8 Å². The van der Waals surface area contributed by atoms with Crippen molar-refractivity contribution in [1.29, 1.82) is 0 Å². The topological polar surface area (TPSA) is 64.8 Å². The Morgan fingerprint density at radius 2 is 2.47 bits per heavy atom. The molecule has 0 amide bonds. The Morgan fingerprint density at radius 1 is 1.71 bits per heavy atom. The number of hydrogen-bond donors (Lipinski definition) is 1. The molecule has 1 fully saturated rings. The summed E-state index contributed by atoms with van der Waals surface area (Å²) in [5, 5.41) is 0. The van der Waals surface area contributed by atoms with Gasteiger partial charge in [-0.1, -0.05) is 6.92 Å². The normalized spacial score (nSPS) is 23.4. The summed E-state index contributed by atoms with van der Waals surface area (Å²) in [4.78, 5) is 13.5. The second-order valence-corrected chi connectivity index (χ2v) is 5.13. The average molecular weight is 262 g/mol. The molecular weight excluding hydrogens is 240 g/mol. The van der Waals surface area contributed by atoms with Crippen molar-refractivity contribution in [2.75, 3.05) is 44.9 Å². The van der Waals surface area contributed by atoms with Gasteiger partial charge in [0.25, 0.3) is 0 Å². The van der Waals surface area contributed by atoms with Gasteiger partial charge in [0, 0.05) is 24.6 Å². The molecule has 0 aromatic carbocycles. The van der Waals surface area contributed by atoms with Gasteiger partial charge >= 0.3 is 5.97 Å². The van der Waals surface area contributed by atoms with E-state index in [0.29, 0.717) is 5.75 Å². The fourth-order valence-electron chi connectivity index (χ4n) is 1.71. The number of rotatable bonds is 6. The highest BCUT2D eigenvalue weighted by Gasteiger charge is 2.20. The predicted octanol–water partition coefficient (Wildman–Crippen LogP) is -0.0594. The van der Waals surface area contributed by atoms with E-state index in [-0.39, 0.29) is 12.1 Å². The number of carbonyl (C=O) groups is 1. The van der Waals surface area contributed by atoms with Crippen molar-refractivity contribution in [2.45, 2.75) is 19.1 Å². The predicted molar refractivity (Wildman–Crippen MR) is 69.2 cm³/mol. The summed E-state index contributed by atoms with van der Waals surface area (Å²) >= 11 is 1.65. The zero-order valence-corrected chi connectivity index (χ0v) is 11.4. The molecule has 0 aromatic rings. The van der Waals surface area contributed by atoms with Gasteiger partial charge in [0.15, 0.2) is 0 Å². The molecule has 0 aliphatic carbocycles. The number of ether oxygens (including phenoxy) is 2. The molecule has 17 heavy (non-hydrogen) atoms. The highest BCUT2D eigenvalue weighted by Crippen LogP contribution is 2.12. The third-order valence-electron chi connectivity index (χ3n) is 2.78. The summed E-state index contributed by atoms with van der Waals surface area (Å²) < 4.78 is 10.2. The second-order valence-electron chi connectivity index (χ2n) is 4.05. The highest BCUT2D eigenvalue weighted by atomic mass is 32.2. The first-order valence-corrected chi connectivity index (χ1v) is 7.08. The third-order valence-corrected chi connectivity index (χ3v) is 3.98. The number of carbonyl (C=O) groups excluding carboxylic acids is 1. The molecule has 1 aliphatic heterocycles. The minimum absolute atomic E-state index is 0.249. The first kappa shape index (κ1) is 14.8. The smallest absolute Gasteiger partial charge is 0.323 e. The van der Waals surface area contributed by atoms with Crippen LogP contribution in [-0.2, 0) is 14.3 Å². The Morgan fingerprint density at radius 3 is 3.12 bits per heavy atom. The molecule has 0 spiro atoms. The first-order chi connectivity index (χ1) is 8.17. The molecule has 2 atom stereocenters. The largest absolute Gasteiger partial charge is 0.468 e. The quantitative estimate of drug-likeness (QED) is 0.677. The molecule has 0 saturated carbocycles. The van der Waals surface area contributed by atoms with Crippen molar-refractivity contribution in [3.05, 3.63) is 0 Å². The Balaban J connectivity index is 2.15. The van der Waals surface area contributed by atoms with E-state index in [2.05, 4.69) is 16.6 Å². The van der Waals surface area contributed by atoms with Crippen molar-refractivity contribution in [2.24, 2.45) is 5.73 Å². The van der Waals surface area contributed by atoms with Crippen LogP contribution in [0.15, 0.2) is 0 Å². The maximum atomic E-state index is 11.1. The Labute approximate surface area is 107 Å². The fraction of sp³-hybridized carbons (Fsp3) is 0.909. The van der Waals surface area contributed by atoms with Crippen LogP contribution in [-0.4, -0.2) is 67.9 Å². The van der Waals surface area contributed by atoms with E-state index in [0.717, 1.165) is 32.0 Å². The molecule has 1 heterocycles. The minimum atomic E-state index is -0.532. The zero-order chi connectivity index (χ0) is 12.7. The molecule has 1 aliphatic rings. The van der Waals surface area contributed by atoms with Gasteiger partial charge in [-0.2, -0.15) is 11.8 Å². The van der Waals surface area contributed by atoms with Crippen LogP contribution in [0.2, 0.25) is 0 Å². The summed E-state index contributed by atoms with van der Waals surface area (Å²) in [6.45, 7) is 5.99. The van der Waals surface area contributed by atoms with Gasteiger partial charge in [-0.15, -0.1) is 0 Å². The van der Waals surface area contributed by atoms with Crippen molar-refractivity contribution >= 4 is 17.7 Å². The van der Waals surface area contributed by atoms with Gasteiger partial charge in [-0.3, -0.25) is 9.69 Å². The molecular formula is C11H22N2O3S. The summed E-state index contributed by atoms with van der Waals surface area (Å²) in [6, 6.07) is -0.532. The van der Waals surface area contributed by atoms with Crippen molar-refractivity contribution in [1.82, 2.24) is 4.90 Å². The standard InChI is InChI=1S/C11H22N2O3S/c1-3-13-4-5-16-9(6-13)7-17-8-10(12)11(14)15-2/h9-10H,3-8,12H2,1-2H3. The van der Waals surface area contributed by atoms with Crippen LogP contribution in [0.3, 0.4) is 0 Å². The van der Waals surface area contributed by atoms with Crippen LogP contribution in [0, 0.1) is 0 Å². The summed E-state index contributed by atoms with van der Waals surface area (Å²) in [5.74, 6) is 1.11. The number of thioether (sulfide) groups is 1. The van der Waals surface area contributed by atoms with E-state index in [1.54, 1.807) is 11.8 Å². The maximum Gasteiger partial charge on any atom is 0.323 e. The summed E-state index contributed by atoms with van der Waals surface area (Å²) in [6.07, 6.45) is 0.249. The Kier molecular flexibility index (Phi) is 6.87. The van der Waals surface area contributed by atoms with Crippen molar-refractivity contribution < 1.29 is 14.3 Å². The number of nitrogens with two attached hydrogens (primary N) is 1. The minimum Gasteiger partial charge on any atom is -0.468 e. The van der Waals surface area contributed by atoms with Crippen LogP contribution in [0.25, 0.3) is 0 Å². The third kappa shape index (κ3) is 5.25. The van der Waals surface area contributed by atoms with Crippen LogP contribution in [0.5, 0.6) is 0 Å². The molecule has 1 saturated heterocycles. The summed E-state index contributed by atoms with van der Waals surface area (Å²) in [7, 11) is 1.36. The monoisotopic (exact) mass is 262 g/mol. The average Bonchev–Trinajstić information content (AvgIpc) is 2.37. The number of hydrogen-bond acceptors (Lipinski definition) is 6. The molecule has 1 rings (SSSR count). The van der Waals surface area contributed by atoms with Gasteiger partial charge in [0.2, 0.25) is 0 Å². The van der Waals surface area contributed by atoms with Gasteiger partial charge in [-0.25, -0.2) is 0 Å². The number of nitrogens with zero attached hydrogens (tertiary/aromatic N) is 1. The number of morpholine rings is 1. The molecule has 6 heteroatoms. The lowest BCUT2D eigenvalue weighted by Gasteiger charge is -2.31. The Hall–Kier alpha value is -0.300. The number of methoxy groups -OCH3 is 1. The van der Waals surface area contributed by atoms with Crippen LogP contribution in [0.4, 0.5) is 0 Å². The van der Waals surface area contributed by atoms with Gasteiger partial charge in [-0.05, 0) is 6.54 Å². The molecule has 2 unspecified atom stereocenters. The van der Waals surface area contributed by atoms with Crippen LogP contribution >= 0.6 is 11.8 Å². The molecule has 5 nitrogen and oxygen atoms in total. The molecule has 100 valence electrons. The molecule has 0 aromatic heterocycles. The molecule has 0 radical (unpaired) electrons. The highest BCUT2D eigenvalue weighted by molar-refractivity contribution is 7.99. The first-order valence-electron chi connectivity index (χ1n) is 5.92. The van der Waals surface area contributed by atoms with Crippen LogP contribution in [0.1, 0.15) is 6.92 Å². The van der Waals surface area contributed by atoms with E-state index in [9.17, 15) is 4.79 Å². The summed E-state index contributed by atoms with van der Waals surface area (Å²) in [5.41, 5.74) is 5.65. The van der Waals surface area contributed by atoms with E-state index in [1.165, 1.54) is 7.11 Å². The second kappa shape index (κ2) is 7.92. The fourth-order valence-corrected chi connectivity index (χ4v) is 2.70.